The van der Waals surface area contributed by atoms with Crippen LogP contribution in [-0.2, 0) is 6.42 Å². The molecule has 1 saturated carbocycles. The van der Waals surface area contributed by atoms with Crippen LogP contribution in [-0.4, -0.2) is 18.1 Å². The molecule has 1 aromatic heterocycles. The van der Waals surface area contributed by atoms with Crippen LogP contribution in [0.2, 0.25) is 0 Å². The summed E-state index contributed by atoms with van der Waals surface area (Å²) >= 11 is 0. The van der Waals surface area contributed by atoms with Crippen molar-refractivity contribution in [1.29, 1.82) is 5.26 Å². The van der Waals surface area contributed by atoms with Gasteiger partial charge in [-0.15, -0.1) is 0 Å². The Hall–Kier alpha value is -3.06. The van der Waals surface area contributed by atoms with Gasteiger partial charge in [-0.05, 0) is 48.6 Å². The summed E-state index contributed by atoms with van der Waals surface area (Å²) in [6, 6.07) is 23.5. The zero-order chi connectivity index (χ0) is 19.6. The van der Waals surface area contributed by atoms with Crippen molar-refractivity contribution in [3.8, 4) is 6.07 Å². The van der Waals surface area contributed by atoms with Crippen molar-refractivity contribution in [1.82, 2.24) is 4.98 Å². The Kier molecular flexibility index (Phi) is 4.81. The molecule has 146 valence electrons. The third-order valence-electron chi connectivity index (χ3n) is 6.34. The van der Waals surface area contributed by atoms with E-state index < -0.39 is 0 Å². The Balaban J connectivity index is 1.25. The molecule has 0 bridgehead atoms. The standard InChI is InChI=1S/C25H25N3O/c26-17-23-25(28-13-11-19(12-14-28)15-18-7-3-1-4-8-18)29-24(27-23)22-16-21(22)20-9-5-2-6-10-20/h1-10,19,21-22H,11-16H2. The first kappa shape index (κ1) is 18.0. The highest BCUT2D eigenvalue weighted by molar-refractivity contribution is 5.49. The van der Waals surface area contributed by atoms with Gasteiger partial charge in [-0.1, -0.05) is 60.7 Å². The predicted octanol–water partition coefficient (Wildman–Crippen LogP) is 5.28. The summed E-state index contributed by atoms with van der Waals surface area (Å²) in [5.74, 6) is 2.86. The molecule has 2 fully saturated rings. The van der Waals surface area contributed by atoms with Gasteiger partial charge in [-0.2, -0.15) is 5.26 Å². The Morgan fingerprint density at radius 1 is 0.966 bits per heavy atom. The summed E-state index contributed by atoms with van der Waals surface area (Å²) in [4.78, 5) is 6.78. The number of aromatic nitrogens is 1. The van der Waals surface area contributed by atoms with Gasteiger partial charge in [0.05, 0.1) is 0 Å². The highest BCUT2D eigenvalue weighted by atomic mass is 16.4. The topological polar surface area (TPSA) is 53.1 Å². The fraction of sp³-hybridized carbons (Fsp3) is 0.360. The molecule has 2 atom stereocenters. The molecule has 1 aliphatic carbocycles. The van der Waals surface area contributed by atoms with Crippen LogP contribution in [0.4, 0.5) is 5.88 Å². The summed E-state index contributed by atoms with van der Waals surface area (Å²) in [5.41, 5.74) is 3.18. The van der Waals surface area contributed by atoms with Gasteiger partial charge >= 0.3 is 0 Å². The van der Waals surface area contributed by atoms with Crippen LogP contribution in [0.3, 0.4) is 0 Å². The largest absolute Gasteiger partial charge is 0.423 e. The number of rotatable bonds is 5. The zero-order valence-corrected chi connectivity index (χ0v) is 16.5. The normalized spacial score (nSPS) is 21.7. The lowest BCUT2D eigenvalue weighted by atomic mass is 9.90. The van der Waals surface area contributed by atoms with E-state index in [2.05, 4.69) is 70.6 Å². The Morgan fingerprint density at radius 3 is 2.34 bits per heavy atom. The predicted molar refractivity (Wildman–Crippen MR) is 113 cm³/mol. The van der Waals surface area contributed by atoms with Crippen LogP contribution in [0, 0.1) is 17.2 Å². The molecule has 0 radical (unpaired) electrons. The van der Waals surface area contributed by atoms with E-state index in [1.165, 1.54) is 11.1 Å². The quantitative estimate of drug-likeness (QED) is 0.602. The van der Waals surface area contributed by atoms with Crippen molar-refractivity contribution in [3.05, 3.63) is 83.4 Å². The van der Waals surface area contributed by atoms with Crippen LogP contribution < -0.4 is 4.90 Å². The van der Waals surface area contributed by atoms with E-state index >= 15 is 0 Å². The molecule has 1 saturated heterocycles. The third-order valence-corrected chi connectivity index (χ3v) is 6.34. The summed E-state index contributed by atoms with van der Waals surface area (Å²) in [7, 11) is 0. The van der Waals surface area contributed by atoms with Crippen LogP contribution in [0.15, 0.2) is 65.1 Å². The Labute approximate surface area is 171 Å². The molecule has 0 amide bonds. The third kappa shape index (κ3) is 3.78. The minimum Gasteiger partial charge on any atom is -0.423 e. The average Bonchev–Trinajstić information content (AvgIpc) is 3.47. The monoisotopic (exact) mass is 383 g/mol. The molecule has 3 aromatic rings. The minimum absolute atomic E-state index is 0.300. The van der Waals surface area contributed by atoms with E-state index in [9.17, 15) is 5.26 Å². The molecule has 2 unspecified atom stereocenters. The number of benzene rings is 2. The maximum Gasteiger partial charge on any atom is 0.234 e. The smallest absolute Gasteiger partial charge is 0.234 e. The molecule has 2 aliphatic rings. The van der Waals surface area contributed by atoms with Crippen molar-refractivity contribution >= 4 is 5.88 Å². The number of anilines is 1. The number of oxazole rings is 1. The molecule has 5 rings (SSSR count). The first-order valence-corrected chi connectivity index (χ1v) is 10.6. The number of nitriles is 1. The van der Waals surface area contributed by atoms with Gasteiger partial charge in [0.1, 0.15) is 6.07 Å². The van der Waals surface area contributed by atoms with Gasteiger partial charge in [0.15, 0.2) is 0 Å². The van der Waals surface area contributed by atoms with Crippen molar-refractivity contribution in [2.75, 3.05) is 18.0 Å². The van der Waals surface area contributed by atoms with Gasteiger partial charge in [-0.3, -0.25) is 0 Å². The van der Waals surface area contributed by atoms with E-state index in [1.54, 1.807) is 0 Å². The number of hydrogen-bond acceptors (Lipinski definition) is 4. The van der Waals surface area contributed by atoms with Crippen LogP contribution >= 0.6 is 0 Å². The first-order valence-electron chi connectivity index (χ1n) is 10.6. The van der Waals surface area contributed by atoms with Crippen molar-refractivity contribution in [2.45, 2.75) is 37.5 Å². The average molecular weight is 383 g/mol. The number of hydrogen-bond donors (Lipinski definition) is 0. The molecule has 29 heavy (non-hydrogen) atoms. The second-order valence-corrected chi connectivity index (χ2v) is 8.30. The Bertz CT molecular complexity index is 998. The first-order chi connectivity index (χ1) is 14.3. The summed E-state index contributed by atoms with van der Waals surface area (Å²) in [6.45, 7) is 1.85. The van der Waals surface area contributed by atoms with Gasteiger partial charge in [0.2, 0.25) is 17.5 Å². The van der Waals surface area contributed by atoms with Crippen molar-refractivity contribution in [2.24, 2.45) is 5.92 Å². The summed E-state index contributed by atoms with van der Waals surface area (Å²) in [5, 5.41) is 9.60. The van der Waals surface area contributed by atoms with Crippen molar-refractivity contribution < 1.29 is 4.42 Å². The van der Waals surface area contributed by atoms with Crippen LogP contribution in [0.25, 0.3) is 0 Å². The number of piperidine rings is 1. The van der Waals surface area contributed by atoms with E-state index in [0.717, 1.165) is 44.7 Å². The second kappa shape index (κ2) is 7.75. The molecular formula is C25H25N3O. The maximum atomic E-state index is 9.60. The second-order valence-electron chi connectivity index (χ2n) is 8.30. The minimum atomic E-state index is 0.300. The molecule has 1 aliphatic heterocycles. The Morgan fingerprint density at radius 2 is 1.66 bits per heavy atom. The SMILES string of the molecule is N#Cc1nc(C2CC2c2ccccc2)oc1N1CCC(Cc2ccccc2)CC1. The van der Waals surface area contributed by atoms with E-state index in [4.69, 9.17) is 4.42 Å². The highest BCUT2D eigenvalue weighted by Crippen LogP contribution is 2.54. The lowest BCUT2D eigenvalue weighted by Crippen LogP contribution is -2.34. The van der Waals surface area contributed by atoms with E-state index in [0.29, 0.717) is 29.3 Å². The molecule has 2 heterocycles. The molecular weight excluding hydrogens is 358 g/mol. The molecule has 0 spiro atoms. The zero-order valence-electron chi connectivity index (χ0n) is 16.5. The maximum absolute atomic E-state index is 9.60. The van der Waals surface area contributed by atoms with Gasteiger partial charge < -0.3 is 9.32 Å². The number of nitrogens with zero attached hydrogens (tertiary/aromatic N) is 3. The van der Waals surface area contributed by atoms with E-state index in [-0.39, 0.29) is 0 Å². The van der Waals surface area contributed by atoms with Crippen molar-refractivity contribution in [3.63, 3.8) is 0 Å². The summed E-state index contributed by atoms with van der Waals surface area (Å²) < 4.78 is 6.17. The fourth-order valence-corrected chi connectivity index (χ4v) is 4.60. The van der Waals surface area contributed by atoms with Gasteiger partial charge in [0.25, 0.3) is 0 Å². The fourth-order valence-electron chi connectivity index (χ4n) is 4.60. The summed E-state index contributed by atoms with van der Waals surface area (Å²) in [6.07, 6.45) is 4.41. The van der Waals surface area contributed by atoms with E-state index in [1.807, 2.05) is 6.07 Å². The lowest BCUT2D eigenvalue weighted by Gasteiger charge is -2.31. The van der Waals surface area contributed by atoms with Gasteiger partial charge in [-0.25, -0.2) is 4.98 Å². The highest BCUT2D eigenvalue weighted by Gasteiger charge is 2.44. The van der Waals surface area contributed by atoms with Crippen LogP contribution in [0.5, 0.6) is 0 Å². The van der Waals surface area contributed by atoms with Crippen LogP contribution in [0.1, 0.15) is 53.8 Å². The molecule has 0 N–H and O–H groups in total. The molecule has 4 heteroatoms. The lowest BCUT2D eigenvalue weighted by molar-refractivity contribution is 0.383. The van der Waals surface area contributed by atoms with Gasteiger partial charge in [0, 0.05) is 19.0 Å². The molecule has 4 nitrogen and oxygen atoms in total. The molecule has 2 aromatic carbocycles.